The highest BCUT2D eigenvalue weighted by Gasteiger charge is 2.18. The van der Waals surface area contributed by atoms with Gasteiger partial charge in [-0.25, -0.2) is 9.36 Å². The highest BCUT2D eigenvalue weighted by Crippen LogP contribution is 2.31. The van der Waals surface area contributed by atoms with Crippen LogP contribution in [0.4, 0.5) is 10.5 Å². The Balaban J connectivity index is 1.10. The SMILES string of the molecule is CCNC(=O)n1c(=O)ccc2ccc(OCCCCN3CCN(c4cccc5sccc45)CC3)cc21. The van der Waals surface area contributed by atoms with Crippen molar-refractivity contribution in [3.05, 3.63) is 70.3 Å². The minimum atomic E-state index is -0.419. The Bertz CT molecular complexity index is 1400. The van der Waals surface area contributed by atoms with Gasteiger partial charge in [-0.05, 0) is 73.5 Å². The van der Waals surface area contributed by atoms with Crippen molar-refractivity contribution >= 4 is 44.0 Å². The number of pyridine rings is 1. The molecule has 1 aliphatic heterocycles. The van der Waals surface area contributed by atoms with E-state index in [1.807, 2.05) is 19.1 Å². The monoisotopic (exact) mass is 504 g/mol. The largest absolute Gasteiger partial charge is 0.494 e. The molecular formula is C28H32N4O3S. The van der Waals surface area contributed by atoms with Gasteiger partial charge in [0.05, 0.1) is 12.1 Å². The van der Waals surface area contributed by atoms with Crippen molar-refractivity contribution in [1.82, 2.24) is 14.8 Å². The fraction of sp³-hybridized carbons (Fsp3) is 0.357. The third-order valence-electron chi connectivity index (χ3n) is 6.72. The van der Waals surface area contributed by atoms with E-state index in [1.165, 1.54) is 26.4 Å². The molecule has 2 aromatic carbocycles. The molecule has 0 atom stereocenters. The number of carbonyl (C=O) groups is 1. The normalized spacial score (nSPS) is 14.4. The maximum Gasteiger partial charge on any atom is 0.329 e. The number of rotatable bonds is 8. The molecule has 1 N–H and O–H groups in total. The molecule has 0 aliphatic carbocycles. The molecule has 0 unspecified atom stereocenters. The van der Waals surface area contributed by atoms with E-state index in [9.17, 15) is 9.59 Å². The van der Waals surface area contributed by atoms with Crippen LogP contribution < -0.4 is 20.5 Å². The second kappa shape index (κ2) is 11.1. The first-order valence-corrected chi connectivity index (χ1v) is 13.5. The van der Waals surface area contributed by atoms with Crippen molar-refractivity contribution in [2.75, 3.05) is 50.8 Å². The summed E-state index contributed by atoms with van der Waals surface area (Å²) in [5.41, 5.74) is 1.56. The minimum absolute atomic E-state index is 0.349. The summed E-state index contributed by atoms with van der Waals surface area (Å²) in [6, 6.07) is 17.1. The Morgan fingerprint density at radius 2 is 1.86 bits per heavy atom. The van der Waals surface area contributed by atoms with Gasteiger partial charge in [0.1, 0.15) is 5.75 Å². The molecule has 188 valence electrons. The summed E-state index contributed by atoms with van der Waals surface area (Å²) in [5, 5.41) is 7.06. The second-order valence-corrected chi connectivity index (χ2v) is 10.0. The first-order chi connectivity index (χ1) is 17.6. The molecule has 5 rings (SSSR count). The summed E-state index contributed by atoms with van der Waals surface area (Å²) in [5.74, 6) is 0.669. The smallest absolute Gasteiger partial charge is 0.329 e. The fourth-order valence-electron chi connectivity index (χ4n) is 4.84. The Morgan fingerprint density at radius 3 is 2.69 bits per heavy atom. The maximum absolute atomic E-state index is 12.4. The summed E-state index contributed by atoms with van der Waals surface area (Å²) in [6.45, 7) is 8.20. The first kappa shape index (κ1) is 24.3. The standard InChI is InChI=1S/C28H32N4O3S/c1-2-29-28(34)32-25-20-22(10-8-21(25)9-11-27(32)33)35-18-4-3-13-30-14-16-31(17-15-30)24-6-5-7-26-23(24)12-19-36-26/h5-12,19-20H,2-4,13-18H2,1H3,(H,29,34). The van der Waals surface area contributed by atoms with Gasteiger partial charge < -0.3 is 15.0 Å². The van der Waals surface area contributed by atoms with E-state index in [0.717, 1.165) is 51.0 Å². The van der Waals surface area contributed by atoms with Crippen LogP contribution in [0.15, 0.2) is 64.8 Å². The van der Waals surface area contributed by atoms with Crippen molar-refractivity contribution in [2.45, 2.75) is 19.8 Å². The molecule has 0 bridgehead atoms. The predicted octanol–water partition coefficient (Wildman–Crippen LogP) is 4.78. The molecule has 1 saturated heterocycles. The number of ether oxygens (including phenoxy) is 1. The van der Waals surface area contributed by atoms with E-state index in [0.29, 0.717) is 24.4 Å². The number of unbranched alkanes of at least 4 members (excludes halogenated alkanes) is 1. The van der Waals surface area contributed by atoms with Crippen molar-refractivity contribution in [2.24, 2.45) is 0 Å². The topological polar surface area (TPSA) is 66.8 Å². The van der Waals surface area contributed by atoms with Crippen LogP contribution in [0.3, 0.4) is 0 Å². The predicted molar refractivity (Wildman–Crippen MR) is 148 cm³/mol. The maximum atomic E-state index is 12.4. The molecule has 2 aromatic heterocycles. The first-order valence-electron chi connectivity index (χ1n) is 12.6. The third kappa shape index (κ3) is 5.24. The van der Waals surface area contributed by atoms with Crippen LogP contribution >= 0.6 is 11.3 Å². The van der Waals surface area contributed by atoms with Gasteiger partial charge in [-0.1, -0.05) is 6.07 Å². The van der Waals surface area contributed by atoms with E-state index < -0.39 is 6.03 Å². The lowest BCUT2D eigenvalue weighted by molar-refractivity contribution is 0.238. The average molecular weight is 505 g/mol. The number of nitrogens with zero attached hydrogens (tertiary/aromatic N) is 3. The van der Waals surface area contributed by atoms with E-state index >= 15 is 0 Å². The molecule has 1 aliphatic rings. The van der Waals surface area contributed by atoms with Gasteiger partial charge >= 0.3 is 6.03 Å². The summed E-state index contributed by atoms with van der Waals surface area (Å²) < 4.78 is 8.50. The molecule has 36 heavy (non-hydrogen) atoms. The number of benzene rings is 2. The molecule has 8 heteroatoms. The number of aromatic nitrogens is 1. The number of thiophene rings is 1. The quantitative estimate of drug-likeness (QED) is 0.350. The number of carbonyl (C=O) groups excluding carboxylic acids is 1. The molecule has 1 fully saturated rings. The van der Waals surface area contributed by atoms with Crippen LogP contribution in [0, 0.1) is 0 Å². The highest BCUT2D eigenvalue weighted by molar-refractivity contribution is 7.17. The number of piperazine rings is 1. The van der Waals surface area contributed by atoms with Gasteiger partial charge in [-0.3, -0.25) is 9.69 Å². The molecule has 0 spiro atoms. The van der Waals surface area contributed by atoms with Crippen LogP contribution in [0.25, 0.3) is 21.0 Å². The number of hydrogen-bond acceptors (Lipinski definition) is 6. The van der Waals surface area contributed by atoms with Crippen molar-refractivity contribution in [3.8, 4) is 5.75 Å². The molecule has 0 saturated carbocycles. The Hall–Kier alpha value is -3.36. The number of nitrogens with one attached hydrogen (secondary N) is 1. The van der Waals surface area contributed by atoms with Gasteiger partial charge in [-0.2, -0.15) is 0 Å². The van der Waals surface area contributed by atoms with Crippen LogP contribution in [0.1, 0.15) is 19.8 Å². The number of amides is 1. The molecule has 7 nitrogen and oxygen atoms in total. The van der Waals surface area contributed by atoms with Gasteiger partial charge in [0.2, 0.25) is 0 Å². The third-order valence-corrected chi connectivity index (χ3v) is 7.61. The Kier molecular flexibility index (Phi) is 7.53. The van der Waals surface area contributed by atoms with E-state index in [-0.39, 0.29) is 5.56 Å². The van der Waals surface area contributed by atoms with Crippen LogP contribution in [0.2, 0.25) is 0 Å². The number of hydrogen-bond donors (Lipinski definition) is 1. The lowest BCUT2D eigenvalue weighted by atomic mass is 10.2. The molecule has 3 heterocycles. The molecule has 1 amide bonds. The van der Waals surface area contributed by atoms with Crippen LogP contribution in [-0.4, -0.2) is 61.4 Å². The van der Waals surface area contributed by atoms with Gasteiger partial charge in [0, 0.05) is 60.6 Å². The zero-order valence-corrected chi connectivity index (χ0v) is 21.4. The minimum Gasteiger partial charge on any atom is -0.494 e. The summed E-state index contributed by atoms with van der Waals surface area (Å²) in [6.07, 6.45) is 2.02. The highest BCUT2D eigenvalue weighted by atomic mass is 32.1. The zero-order chi connectivity index (χ0) is 24.9. The van der Waals surface area contributed by atoms with Gasteiger partial charge in [0.25, 0.3) is 5.56 Å². The van der Waals surface area contributed by atoms with Crippen molar-refractivity contribution in [3.63, 3.8) is 0 Å². The number of anilines is 1. The van der Waals surface area contributed by atoms with Gasteiger partial charge in [-0.15, -0.1) is 11.3 Å². The lowest BCUT2D eigenvalue weighted by Gasteiger charge is -2.36. The summed E-state index contributed by atoms with van der Waals surface area (Å²) in [7, 11) is 0. The second-order valence-electron chi connectivity index (χ2n) is 9.06. The van der Waals surface area contributed by atoms with Crippen molar-refractivity contribution < 1.29 is 9.53 Å². The fourth-order valence-corrected chi connectivity index (χ4v) is 5.64. The summed E-state index contributed by atoms with van der Waals surface area (Å²) in [4.78, 5) is 29.7. The van der Waals surface area contributed by atoms with E-state index in [4.69, 9.17) is 4.74 Å². The molecule has 4 aromatic rings. The lowest BCUT2D eigenvalue weighted by Crippen LogP contribution is -2.46. The van der Waals surface area contributed by atoms with Gasteiger partial charge in [0.15, 0.2) is 0 Å². The summed E-state index contributed by atoms with van der Waals surface area (Å²) >= 11 is 1.80. The Morgan fingerprint density at radius 1 is 1.03 bits per heavy atom. The Labute approximate surface area is 214 Å². The molecule has 0 radical (unpaired) electrons. The number of fused-ring (bicyclic) bond motifs is 2. The average Bonchev–Trinajstić information content (AvgIpc) is 3.38. The van der Waals surface area contributed by atoms with Crippen molar-refractivity contribution in [1.29, 1.82) is 0 Å². The van der Waals surface area contributed by atoms with Crippen LogP contribution in [0.5, 0.6) is 5.75 Å². The van der Waals surface area contributed by atoms with E-state index in [1.54, 1.807) is 23.5 Å². The zero-order valence-electron chi connectivity index (χ0n) is 20.6. The van der Waals surface area contributed by atoms with E-state index in [2.05, 4.69) is 44.8 Å². The molecular weight excluding hydrogens is 472 g/mol. The van der Waals surface area contributed by atoms with Crippen LogP contribution in [-0.2, 0) is 0 Å².